The Morgan fingerprint density at radius 3 is 2.26 bits per heavy atom. The number of ether oxygens (including phenoxy) is 1. The number of hydrazine groups is 1. The summed E-state index contributed by atoms with van der Waals surface area (Å²) in [5, 5.41) is 2.93. The van der Waals surface area contributed by atoms with Gasteiger partial charge in [0.2, 0.25) is 12.3 Å². The van der Waals surface area contributed by atoms with Crippen molar-refractivity contribution in [1.82, 2.24) is 10.7 Å². The van der Waals surface area contributed by atoms with Gasteiger partial charge in [-0.1, -0.05) is 18.2 Å². The van der Waals surface area contributed by atoms with Gasteiger partial charge in [0.1, 0.15) is 5.75 Å². The molecule has 35 heavy (non-hydrogen) atoms. The van der Waals surface area contributed by atoms with Gasteiger partial charge in [0.05, 0.1) is 7.11 Å². The smallest absolute Gasteiger partial charge is 0.304 e. The zero-order valence-corrected chi connectivity index (χ0v) is 20.3. The fourth-order valence-corrected chi connectivity index (χ4v) is 4.32. The number of nitrogens with one attached hydrogen (secondary N) is 2. The third-order valence-corrected chi connectivity index (χ3v) is 6.23. The van der Waals surface area contributed by atoms with Crippen molar-refractivity contribution >= 4 is 23.7 Å². The number of hydrogen-bond donors (Lipinski definition) is 2. The molecule has 0 spiro atoms. The second-order valence-corrected chi connectivity index (χ2v) is 8.31. The number of benzene rings is 3. The molecule has 3 aromatic rings. The molecule has 1 heterocycles. The summed E-state index contributed by atoms with van der Waals surface area (Å²) in [7, 11) is 1.61. The van der Waals surface area contributed by atoms with Gasteiger partial charge in [0.15, 0.2) is 6.04 Å². The van der Waals surface area contributed by atoms with Crippen molar-refractivity contribution in [3.8, 4) is 5.75 Å². The second-order valence-electron chi connectivity index (χ2n) is 8.31. The predicted octanol–water partition coefficient (Wildman–Crippen LogP) is 3.56. The number of carbonyl (C=O) groups excluding carboxylic acids is 2. The summed E-state index contributed by atoms with van der Waals surface area (Å²) >= 11 is 0. The molecule has 2 N–H and O–H groups in total. The fraction of sp³-hybridized carbons (Fsp3) is 0.250. The maximum Gasteiger partial charge on any atom is 0.304 e. The van der Waals surface area contributed by atoms with E-state index in [0.717, 1.165) is 35.7 Å². The molecule has 2 amide bonds. The fourth-order valence-electron chi connectivity index (χ4n) is 4.32. The SMILES string of the molecule is CCN(CC)c1ccc(/C=[N+]2\NC(=O)[C@H](NC(=O)c3ccccc3)[C@H]2c2ccc(OC)cc2)cc1. The molecule has 0 radical (unpaired) electrons. The van der Waals surface area contributed by atoms with Crippen LogP contribution in [0.4, 0.5) is 5.69 Å². The van der Waals surface area contributed by atoms with Gasteiger partial charge in [0.25, 0.3) is 5.91 Å². The molecule has 0 aromatic heterocycles. The number of carbonyl (C=O) groups is 2. The molecule has 0 bridgehead atoms. The Labute approximate surface area is 206 Å². The van der Waals surface area contributed by atoms with Crippen molar-refractivity contribution in [3.05, 3.63) is 95.6 Å². The lowest BCUT2D eigenvalue weighted by molar-refractivity contribution is -0.596. The van der Waals surface area contributed by atoms with Crippen LogP contribution in [0.15, 0.2) is 78.9 Å². The molecule has 1 saturated heterocycles. The molecule has 3 aromatic carbocycles. The summed E-state index contributed by atoms with van der Waals surface area (Å²) in [5.41, 5.74) is 6.40. The highest BCUT2D eigenvalue weighted by Gasteiger charge is 2.47. The van der Waals surface area contributed by atoms with E-state index < -0.39 is 12.1 Å². The van der Waals surface area contributed by atoms with E-state index in [1.165, 1.54) is 0 Å². The van der Waals surface area contributed by atoms with Crippen LogP contribution in [-0.2, 0) is 4.79 Å². The van der Waals surface area contributed by atoms with Crippen molar-refractivity contribution in [2.24, 2.45) is 0 Å². The van der Waals surface area contributed by atoms with Crippen molar-refractivity contribution in [2.75, 3.05) is 25.1 Å². The number of hydrogen-bond acceptors (Lipinski definition) is 4. The minimum atomic E-state index is -0.776. The molecule has 0 aliphatic carbocycles. The monoisotopic (exact) mass is 471 g/mol. The van der Waals surface area contributed by atoms with E-state index in [0.29, 0.717) is 5.56 Å². The Hall–Kier alpha value is -4.13. The Morgan fingerprint density at radius 1 is 1.00 bits per heavy atom. The first-order chi connectivity index (χ1) is 17.0. The van der Waals surface area contributed by atoms with Crippen LogP contribution in [0.25, 0.3) is 0 Å². The van der Waals surface area contributed by atoms with E-state index in [-0.39, 0.29) is 11.8 Å². The Balaban J connectivity index is 1.67. The highest BCUT2D eigenvalue weighted by atomic mass is 16.5. The van der Waals surface area contributed by atoms with Gasteiger partial charge in [-0.2, -0.15) is 0 Å². The summed E-state index contributed by atoms with van der Waals surface area (Å²) in [4.78, 5) is 28.2. The maximum atomic E-state index is 13.1. The number of amides is 2. The molecule has 180 valence electrons. The standard InChI is InChI=1S/C28H30N4O3/c1-4-31(5-2)23-15-11-20(12-16-23)19-32-26(21-13-17-24(35-3)18-14-21)25(28(34)30-32)29-27(33)22-9-7-6-8-10-22/h6-19,25-26H,4-5H2,1-3H3,(H-,29,30,33,34)/p+1/t25-,26-/m1/s1. The second kappa shape index (κ2) is 10.9. The van der Waals surface area contributed by atoms with Gasteiger partial charge in [0, 0.05) is 35.5 Å². The highest BCUT2D eigenvalue weighted by Crippen LogP contribution is 2.27. The molecule has 0 saturated carbocycles. The third kappa shape index (κ3) is 5.35. The van der Waals surface area contributed by atoms with Crippen LogP contribution in [-0.4, -0.2) is 49.0 Å². The molecular weight excluding hydrogens is 440 g/mol. The van der Waals surface area contributed by atoms with Crippen LogP contribution in [0.1, 0.15) is 41.4 Å². The minimum Gasteiger partial charge on any atom is -0.497 e. The summed E-state index contributed by atoms with van der Waals surface area (Å²) < 4.78 is 7.07. The summed E-state index contributed by atoms with van der Waals surface area (Å²) in [6, 6.07) is 23.4. The lowest BCUT2D eigenvalue weighted by Crippen LogP contribution is -2.42. The van der Waals surface area contributed by atoms with Crippen LogP contribution < -0.4 is 20.4 Å². The van der Waals surface area contributed by atoms with Crippen LogP contribution >= 0.6 is 0 Å². The predicted molar refractivity (Wildman–Crippen MR) is 137 cm³/mol. The van der Waals surface area contributed by atoms with E-state index in [2.05, 4.69) is 41.6 Å². The average Bonchev–Trinajstić information content (AvgIpc) is 3.20. The van der Waals surface area contributed by atoms with Crippen LogP contribution in [0, 0.1) is 0 Å². The molecule has 7 heteroatoms. The van der Waals surface area contributed by atoms with E-state index in [4.69, 9.17) is 4.74 Å². The van der Waals surface area contributed by atoms with Gasteiger partial charge in [-0.3, -0.25) is 9.59 Å². The van der Waals surface area contributed by atoms with Crippen LogP contribution in [0.3, 0.4) is 0 Å². The number of anilines is 1. The molecule has 1 aliphatic heterocycles. The average molecular weight is 472 g/mol. The van der Waals surface area contributed by atoms with Gasteiger partial charge >= 0.3 is 5.91 Å². The van der Waals surface area contributed by atoms with E-state index in [1.807, 2.05) is 48.7 Å². The molecule has 1 fully saturated rings. The molecule has 1 aliphatic rings. The van der Waals surface area contributed by atoms with E-state index in [1.54, 1.807) is 36.1 Å². The Kier molecular flexibility index (Phi) is 7.45. The number of methoxy groups -OCH3 is 1. The van der Waals surface area contributed by atoms with Gasteiger partial charge in [-0.15, -0.1) is 10.1 Å². The molecule has 7 nitrogen and oxygen atoms in total. The zero-order valence-electron chi connectivity index (χ0n) is 20.3. The first kappa shape index (κ1) is 24.0. The van der Waals surface area contributed by atoms with Crippen molar-refractivity contribution in [1.29, 1.82) is 0 Å². The maximum absolute atomic E-state index is 13.1. The van der Waals surface area contributed by atoms with Gasteiger partial charge in [-0.25, -0.2) is 0 Å². The van der Waals surface area contributed by atoms with Crippen molar-refractivity contribution < 1.29 is 19.0 Å². The third-order valence-electron chi connectivity index (χ3n) is 6.23. The lowest BCUT2D eigenvalue weighted by atomic mass is 9.99. The summed E-state index contributed by atoms with van der Waals surface area (Å²) in [6.45, 7) is 6.13. The van der Waals surface area contributed by atoms with Crippen molar-refractivity contribution in [2.45, 2.75) is 25.9 Å². The lowest BCUT2D eigenvalue weighted by Gasteiger charge is -2.20. The Morgan fingerprint density at radius 2 is 1.66 bits per heavy atom. The van der Waals surface area contributed by atoms with E-state index in [9.17, 15) is 9.59 Å². The Bertz CT molecular complexity index is 1190. The largest absolute Gasteiger partial charge is 0.497 e. The van der Waals surface area contributed by atoms with E-state index >= 15 is 0 Å². The quantitative estimate of drug-likeness (QED) is 0.493. The highest BCUT2D eigenvalue weighted by molar-refractivity contribution is 5.98. The molecular formula is C28H31N4O3+. The molecule has 4 rings (SSSR count). The summed E-state index contributed by atoms with van der Waals surface area (Å²) in [5.74, 6) is 0.152. The molecule has 0 unspecified atom stereocenters. The zero-order chi connectivity index (χ0) is 24.8. The minimum absolute atomic E-state index is 0.272. The van der Waals surface area contributed by atoms with Gasteiger partial charge in [-0.05, 0) is 74.5 Å². The van der Waals surface area contributed by atoms with Gasteiger partial charge < -0.3 is 15.0 Å². The number of hydrazone groups is 1. The number of nitrogens with zero attached hydrogens (tertiary/aromatic N) is 2. The van der Waals surface area contributed by atoms with Crippen LogP contribution in [0.2, 0.25) is 0 Å². The first-order valence-corrected chi connectivity index (χ1v) is 11.8. The molecule has 2 atom stereocenters. The van der Waals surface area contributed by atoms with Crippen molar-refractivity contribution in [3.63, 3.8) is 0 Å². The number of rotatable bonds is 8. The first-order valence-electron chi connectivity index (χ1n) is 11.8. The summed E-state index contributed by atoms with van der Waals surface area (Å²) in [6.07, 6.45) is 1.90. The topological polar surface area (TPSA) is 73.7 Å². The normalized spacial score (nSPS) is 18.3. The van der Waals surface area contributed by atoms with Crippen LogP contribution in [0.5, 0.6) is 5.75 Å².